The van der Waals surface area contributed by atoms with Crippen LogP contribution in [0.5, 0.6) is 0 Å². The third-order valence-corrected chi connectivity index (χ3v) is 2.37. The van der Waals surface area contributed by atoms with Gasteiger partial charge in [0.1, 0.15) is 5.76 Å². The fraction of sp³-hybridized carbons (Fsp3) is 0.200. The second-order valence-electron chi connectivity index (χ2n) is 2.88. The second kappa shape index (κ2) is 3.81. The predicted octanol–water partition coefficient (Wildman–Crippen LogP) is 2.64. The number of hydrogen-bond donors (Lipinski definition) is 2. The van der Waals surface area contributed by atoms with Crippen molar-refractivity contribution in [2.45, 2.75) is 13.5 Å². The third-order valence-electron chi connectivity index (χ3n) is 1.94. The maximum Gasteiger partial charge on any atom is 0.117 e. The Bertz CT molecular complexity index is 347. The van der Waals surface area contributed by atoms with Crippen LogP contribution in [-0.4, -0.2) is 5.11 Å². The van der Waals surface area contributed by atoms with Crippen LogP contribution in [0.2, 0.25) is 5.02 Å². The Morgan fingerprint density at radius 3 is 2.69 bits per heavy atom. The van der Waals surface area contributed by atoms with Crippen LogP contribution in [0.4, 0.5) is 0 Å². The zero-order valence-corrected chi connectivity index (χ0v) is 8.23. The first-order valence-corrected chi connectivity index (χ1v) is 4.32. The fourth-order valence-electron chi connectivity index (χ4n) is 1.23. The minimum absolute atomic E-state index is 0.0159. The highest BCUT2D eigenvalue weighted by Gasteiger charge is 2.10. The normalized spacial score (nSPS) is 10.1. The van der Waals surface area contributed by atoms with Crippen molar-refractivity contribution in [3.05, 3.63) is 40.4 Å². The summed E-state index contributed by atoms with van der Waals surface area (Å²) in [7, 11) is 0. The molecule has 0 unspecified atom stereocenters. The Hall–Kier alpha value is -0.990. The number of aliphatic hydroxyl groups is 1. The lowest BCUT2D eigenvalue weighted by Gasteiger charge is -2.09. The van der Waals surface area contributed by atoms with Crippen LogP contribution in [0.15, 0.2) is 18.7 Å². The van der Waals surface area contributed by atoms with Gasteiger partial charge in [0.25, 0.3) is 0 Å². The van der Waals surface area contributed by atoms with Crippen molar-refractivity contribution in [3.63, 3.8) is 0 Å². The number of aryl methyl sites for hydroxylation is 1. The maximum absolute atomic E-state index is 9.29. The Morgan fingerprint density at radius 2 is 2.23 bits per heavy atom. The molecule has 1 rings (SSSR count). The number of halogens is 1. The molecular formula is C10H12ClNO. The fourth-order valence-corrected chi connectivity index (χ4v) is 1.63. The summed E-state index contributed by atoms with van der Waals surface area (Å²) in [5, 5.41) is 9.78. The van der Waals surface area contributed by atoms with Gasteiger partial charge < -0.3 is 10.8 Å². The van der Waals surface area contributed by atoms with Crippen molar-refractivity contribution in [2.75, 3.05) is 0 Å². The van der Waals surface area contributed by atoms with Crippen molar-refractivity contribution < 1.29 is 5.11 Å². The summed E-state index contributed by atoms with van der Waals surface area (Å²) < 4.78 is 0. The summed E-state index contributed by atoms with van der Waals surface area (Å²) >= 11 is 6.01. The minimum atomic E-state index is -0.0159. The molecule has 13 heavy (non-hydrogen) atoms. The lowest BCUT2D eigenvalue weighted by Crippen LogP contribution is -2.00. The maximum atomic E-state index is 9.29. The first-order chi connectivity index (χ1) is 6.07. The molecule has 0 amide bonds. The van der Waals surface area contributed by atoms with Crippen LogP contribution in [0.3, 0.4) is 0 Å². The predicted molar refractivity (Wildman–Crippen MR) is 55.7 cm³/mol. The van der Waals surface area contributed by atoms with Gasteiger partial charge in [0.15, 0.2) is 0 Å². The Morgan fingerprint density at radius 1 is 1.62 bits per heavy atom. The topological polar surface area (TPSA) is 46.2 Å². The second-order valence-corrected chi connectivity index (χ2v) is 3.26. The largest absolute Gasteiger partial charge is 0.508 e. The van der Waals surface area contributed by atoms with Crippen molar-refractivity contribution >= 4 is 17.4 Å². The monoisotopic (exact) mass is 197 g/mol. The molecule has 70 valence electrons. The summed E-state index contributed by atoms with van der Waals surface area (Å²) in [4.78, 5) is 0. The van der Waals surface area contributed by atoms with Crippen LogP contribution in [-0.2, 0) is 6.54 Å². The molecule has 0 radical (unpaired) electrons. The van der Waals surface area contributed by atoms with Gasteiger partial charge >= 0.3 is 0 Å². The molecule has 2 nitrogen and oxygen atoms in total. The molecule has 3 heteroatoms. The van der Waals surface area contributed by atoms with Crippen LogP contribution >= 0.6 is 11.6 Å². The average Bonchev–Trinajstić information content (AvgIpc) is 2.04. The zero-order chi connectivity index (χ0) is 10.0. The van der Waals surface area contributed by atoms with Gasteiger partial charge in [-0.1, -0.05) is 30.3 Å². The highest BCUT2D eigenvalue weighted by Crippen LogP contribution is 2.28. The van der Waals surface area contributed by atoms with Crippen molar-refractivity contribution in [3.8, 4) is 0 Å². The van der Waals surface area contributed by atoms with Gasteiger partial charge in [-0.25, -0.2) is 0 Å². The molecular weight excluding hydrogens is 186 g/mol. The average molecular weight is 198 g/mol. The molecule has 0 aliphatic heterocycles. The highest BCUT2D eigenvalue weighted by molar-refractivity contribution is 6.33. The van der Waals surface area contributed by atoms with E-state index in [2.05, 4.69) is 6.58 Å². The zero-order valence-electron chi connectivity index (χ0n) is 7.47. The minimum Gasteiger partial charge on any atom is -0.508 e. The summed E-state index contributed by atoms with van der Waals surface area (Å²) in [6, 6.07) is 3.72. The van der Waals surface area contributed by atoms with E-state index in [1.54, 1.807) is 0 Å². The molecule has 0 atom stereocenters. The van der Waals surface area contributed by atoms with Gasteiger partial charge in [-0.05, 0) is 18.1 Å². The van der Waals surface area contributed by atoms with Crippen LogP contribution in [0, 0.1) is 6.92 Å². The lowest BCUT2D eigenvalue weighted by atomic mass is 10.0. The summed E-state index contributed by atoms with van der Waals surface area (Å²) in [5.74, 6) is -0.0159. The van der Waals surface area contributed by atoms with E-state index in [1.807, 2.05) is 19.1 Å². The molecule has 1 aromatic rings. The highest BCUT2D eigenvalue weighted by atomic mass is 35.5. The molecule has 0 heterocycles. The van der Waals surface area contributed by atoms with Gasteiger partial charge in [-0.2, -0.15) is 0 Å². The van der Waals surface area contributed by atoms with E-state index in [-0.39, 0.29) is 5.76 Å². The molecule has 0 spiro atoms. The number of benzene rings is 1. The first kappa shape index (κ1) is 10.1. The molecule has 0 saturated carbocycles. The quantitative estimate of drug-likeness (QED) is 0.716. The summed E-state index contributed by atoms with van der Waals surface area (Å²) in [5.41, 5.74) is 7.78. The van der Waals surface area contributed by atoms with E-state index >= 15 is 0 Å². The first-order valence-electron chi connectivity index (χ1n) is 3.94. The van der Waals surface area contributed by atoms with Crippen LogP contribution in [0.1, 0.15) is 16.7 Å². The number of aliphatic hydroxyl groups excluding tert-OH is 1. The van der Waals surface area contributed by atoms with Gasteiger partial charge in [0.2, 0.25) is 0 Å². The Kier molecular flexibility index (Phi) is 2.96. The SMILES string of the molecule is C=C(O)c1c(C)ccc(CN)c1Cl. The molecule has 0 fully saturated rings. The molecule has 3 N–H and O–H groups in total. The molecule has 1 aromatic carbocycles. The van der Waals surface area contributed by atoms with Gasteiger partial charge in [0, 0.05) is 12.1 Å². The van der Waals surface area contributed by atoms with Crippen molar-refractivity contribution in [2.24, 2.45) is 5.73 Å². The van der Waals surface area contributed by atoms with Crippen LogP contribution < -0.4 is 5.73 Å². The summed E-state index contributed by atoms with van der Waals surface area (Å²) in [6.45, 7) is 5.68. The summed E-state index contributed by atoms with van der Waals surface area (Å²) in [6.07, 6.45) is 0. The Balaban J connectivity index is 3.38. The van der Waals surface area contributed by atoms with Gasteiger partial charge in [-0.15, -0.1) is 0 Å². The molecule has 0 aliphatic carbocycles. The molecule has 0 bridgehead atoms. The molecule has 0 saturated heterocycles. The third kappa shape index (κ3) is 1.85. The van der Waals surface area contributed by atoms with Crippen LogP contribution in [0.25, 0.3) is 5.76 Å². The van der Waals surface area contributed by atoms with E-state index in [1.165, 1.54) is 0 Å². The van der Waals surface area contributed by atoms with Crippen molar-refractivity contribution in [1.82, 2.24) is 0 Å². The Labute approximate surface area is 82.6 Å². The standard InChI is InChI=1S/C10H12ClNO/c1-6-3-4-8(5-12)10(11)9(6)7(2)13/h3-4,13H,2,5,12H2,1H3. The molecule has 0 aliphatic rings. The van der Waals surface area contributed by atoms with Gasteiger partial charge in [0.05, 0.1) is 5.02 Å². The van der Waals surface area contributed by atoms with Crippen molar-refractivity contribution in [1.29, 1.82) is 0 Å². The van der Waals surface area contributed by atoms with E-state index in [0.717, 1.165) is 11.1 Å². The van der Waals surface area contributed by atoms with E-state index in [9.17, 15) is 5.11 Å². The van der Waals surface area contributed by atoms with E-state index < -0.39 is 0 Å². The number of nitrogens with two attached hydrogens (primary N) is 1. The van der Waals surface area contributed by atoms with Gasteiger partial charge in [-0.3, -0.25) is 0 Å². The lowest BCUT2D eigenvalue weighted by molar-refractivity contribution is 0.513. The smallest absolute Gasteiger partial charge is 0.117 e. The number of rotatable bonds is 2. The van der Waals surface area contributed by atoms with E-state index in [4.69, 9.17) is 17.3 Å². The van der Waals surface area contributed by atoms with E-state index in [0.29, 0.717) is 17.1 Å². The number of hydrogen-bond acceptors (Lipinski definition) is 2. The molecule has 0 aromatic heterocycles.